The molecule has 2 atom stereocenters. The zero-order chi connectivity index (χ0) is 10.8. The Morgan fingerprint density at radius 2 is 2.40 bits per heavy atom. The third-order valence-corrected chi connectivity index (χ3v) is 5.17. The van der Waals surface area contributed by atoms with Crippen LogP contribution in [0.2, 0.25) is 0 Å². The highest BCUT2D eigenvalue weighted by Gasteiger charge is 2.35. The van der Waals surface area contributed by atoms with Gasteiger partial charge in [0.1, 0.15) is 0 Å². The highest BCUT2D eigenvalue weighted by Crippen LogP contribution is 2.35. The Morgan fingerprint density at radius 1 is 1.60 bits per heavy atom. The molecule has 0 aromatic carbocycles. The van der Waals surface area contributed by atoms with Crippen LogP contribution in [0, 0.1) is 12.8 Å². The van der Waals surface area contributed by atoms with Crippen LogP contribution in [0.4, 0.5) is 0 Å². The average molecular weight is 288 g/mol. The lowest BCUT2D eigenvalue weighted by Crippen LogP contribution is -2.16. The van der Waals surface area contributed by atoms with Gasteiger partial charge in [0.25, 0.3) is 0 Å². The second kappa shape index (κ2) is 4.98. The molecule has 1 aliphatic carbocycles. The Morgan fingerprint density at radius 3 is 3.00 bits per heavy atom. The van der Waals surface area contributed by atoms with E-state index in [0.717, 1.165) is 18.5 Å². The van der Waals surface area contributed by atoms with E-state index in [4.69, 9.17) is 0 Å². The summed E-state index contributed by atoms with van der Waals surface area (Å²) >= 11 is 5.45. The summed E-state index contributed by atoms with van der Waals surface area (Å²) in [5, 5.41) is 3.64. The van der Waals surface area contributed by atoms with Gasteiger partial charge in [-0.15, -0.1) is 11.3 Å². The van der Waals surface area contributed by atoms with E-state index in [1.54, 1.807) is 0 Å². The van der Waals surface area contributed by atoms with Crippen LogP contribution in [0.15, 0.2) is 10.5 Å². The first-order chi connectivity index (χ1) is 7.20. The molecule has 0 amide bonds. The van der Waals surface area contributed by atoms with Crippen molar-refractivity contribution in [1.29, 1.82) is 0 Å². The Kier molecular flexibility index (Phi) is 3.86. The van der Waals surface area contributed by atoms with Gasteiger partial charge in [-0.2, -0.15) is 0 Å². The van der Waals surface area contributed by atoms with Crippen molar-refractivity contribution < 1.29 is 0 Å². The topological polar surface area (TPSA) is 12.0 Å². The van der Waals surface area contributed by atoms with Gasteiger partial charge in [-0.25, -0.2) is 0 Å². The van der Waals surface area contributed by atoms with E-state index in [2.05, 4.69) is 41.2 Å². The number of hydrogen-bond donors (Lipinski definition) is 1. The van der Waals surface area contributed by atoms with Gasteiger partial charge in [0.15, 0.2) is 0 Å². The van der Waals surface area contributed by atoms with Crippen LogP contribution in [0.3, 0.4) is 0 Å². The molecule has 0 radical (unpaired) electrons. The van der Waals surface area contributed by atoms with Crippen molar-refractivity contribution in [3.63, 3.8) is 0 Å². The summed E-state index contributed by atoms with van der Waals surface area (Å²) in [5.74, 6) is 0.958. The molecular weight excluding hydrogens is 270 g/mol. The molecule has 2 rings (SSSR count). The largest absolute Gasteiger partial charge is 0.309 e. The van der Waals surface area contributed by atoms with Gasteiger partial charge in [-0.3, -0.25) is 0 Å². The van der Waals surface area contributed by atoms with Crippen molar-refractivity contribution in [2.24, 2.45) is 5.92 Å². The Labute approximate surface area is 104 Å². The quantitative estimate of drug-likeness (QED) is 0.860. The highest BCUT2D eigenvalue weighted by molar-refractivity contribution is 9.10. The first-order valence-electron chi connectivity index (χ1n) is 5.69. The Balaban J connectivity index is 1.75. The summed E-state index contributed by atoms with van der Waals surface area (Å²) in [6, 6.07) is 3.04. The van der Waals surface area contributed by atoms with E-state index in [1.165, 1.54) is 33.5 Å². The molecule has 1 fully saturated rings. The first-order valence-corrected chi connectivity index (χ1v) is 7.30. The molecule has 84 valence electrons. The summed E-state index contributed by atoms with van der Waals surface area (Å²) in [6.07, 6.45) is 4.11. The maximum Gasteiger partial charge on any atom is 0.0314 e. The van der Waals surface area contributed by atoms with E-state index >= 15 is 0 Å². The van der Waals surface area contributed by atoms with Gasteiger partial charge in [-0.05, 0) is 47.7 Å². The standard InChI is InChI=1S/C12H18BrNS/c1-3-4-9-5-12(9)14-7-10-6-11(13)8(2)15-10/h6,9,12,14H,3-5,7H2,1-2H3. The summed E-state index contributed by atoms with van der Waals surface area (Å²) in [5.41, 5.74) is 0. The molecule has 0 spiro atoms. The Bertz CT molecular complexity index is 315. The van der Waals surface area contributed by atoms with Crippen LogP contribution < -0.4 is 5.32 Å². The molecule has 0 aliphatic heterocycles. The fourth-order valence-corrected chi connectivity index (χ4v) is 3.58. The first kappa shape index (κ1) is 11.6. The van der Waals surface area contributed by atoms with Crippen molar-refractivity contribution in [3.8, 4) is 0 Å². The number of nitrogens with one attached hydrogen (secondary N) is 1. The number of hydrogen-bond acceptors (Lipinski definition) is 2. The van der Waals surface area contributed by atoms with Crippen LogP contribution in [0.25, 0.3) is 0 Å². The molecule has 0 bridgehead atoms. The minimum atomic E-state index is 0.797. The highest BCUT2D eigenvalue weighted by atomic mass is 79.9. The van der Waals surface area contributed by atoms with E-state index in [0.29, 0.717) is 0 Å². The fourth-order valence-electron chi connectivity index (χ4n) is 2.02. The molecule has 3 heteroatoms. The minimum absolute atomic E-state index is 0.797. The van der Waals surface area contributed by atoms with Crippen LogP contribution in [0.5, 0.6) is 0 Å². The van der Waals surface area contributed by atoms with E-state index < -0.39 is 0 Å². The molecule has 1 aromatic rings. The van der Waals surface area contributed by atoms with Crippen LogP contribution in [0.1, 0.15) is 35.9 Å². The lowest BCUT2D eigenvalue weighted by Gasteiger charge is -2.00. The molecule has 2 unspecified atom stereocenters. The second-order valence-electron chi connectivity index (χ2n) is 4.39. The van der Waals surface area contributed by atoms with Crippen molar-refractivity contribution in [2.75, 3.05) is 0 Å². The van der Waals surface area contributed by atoms with Crippen LogP contribution in [-0.4, -0.2) is 6.04 Å². The molecule has 1 saturated carbocycles. The number of aryl methyl sites for hydroxylation is 1. The van der Waals surface area contributed by atoms with Crippen molar-refractivity contribution >= 4 is 27.3 Å². The molecular formula is C12H18BrNS. The van der Waals surface area contributed by atoms with Gasteiger partial charge in [0, 0.05) is 26.8 Å². The van der Waals surface area contributed by atoms with Crippen LogP contribution >= 0.6 is 27.3 Å². The summed E-state index contributed by atoms with van der Waals surface area (Å²) in [4.78, 5) is 2.83. The molecule has 15 heavy (non-hydrogen) atoms. The molecule has 1 N–H and O–H groups in total. The smallest absolute Gasteiger partial charge is 0.0314 e. The van der Waals surface area contributed by atoms with E-state index in [1.807, 2.05) is 11.3 Å². The number of halogens is 1. The fraction of sp³-hybridized carbons (Fsp3) is 0.667. The van der Waals surface area contributed by atoms with Gasteiger partial charge < -0.3 is 5.32 Å². The van der Waals surface area contributed by atoms with Gasteiger partial charge >= 0.3 is 0 Å². The molecule has 1 aliphatic rings. The maximum absolute atomic E-state index is 3.64. The predicted molar refractivity (Wildman–Crippen MR) is 70.4 cm³/mol. The summed E-state index contributed by atoms with van der Waals surface area (Å²) in [7, 11) is 0. The third kappa shape index (κ3) is 3.05. The maximum atomic E-state index is 3.64. The molecule has 1 nitrogen and oxygen atoms in total. The normalized spacial score (nSPS) is 24.5. The van der Waals surface area contributed by atoms with Crippen molar-refractivity contribution in [1.82, 2.24) is 5.32 Å². The van der Waals surface area contributed by atoms with Gasteiger partial charge in [0.2, 0.25) is 0 Å². The predicted octanol–water partition coefficient (Wildman–Crippen LogP) is 4.10. The van der Waals surface area contributed by atoms with Gasteiger partial charge in [-0.1, -0.05) is 13.3 Å². The average Bonchev–Trinajstić information content (AvgIpc) is 2.85. The second-order valence-corrected chi connectivity index (χ2v) is 6.58. The van der Waals surface area contributed by atoms with E-state index in [-0.39, 0.29) is 0 Å². The minimum Gasteiger partial charge on any atom is -0.309 e. The van der Waals surface area contributed by atoms with Gasteiger partial charge in [0.05, 0.1) is 0 Å². The third-order valence-electron chi connectivity index (χ3n) is 3.03. The summed E-state index contributed by atoms with van der Waals surface area (Å²) < 4.78 is 1.25. The number of rotatable bonds is 5. The SMILES string of the molecule is CCCC1CC1NCc1cc(Br)c(C)s1. The van der Waals surface area contributed by atoms with Crippen molar-refractivity contribution in [3.05, 3.63) is 20.3 Å². The van der Waals surface area contributed by atoms with E-state index in [9.17, 15) is 0 Å². The molecule has 1 aromatic heterocycles. The monoisotopic (exact) mass is 287 g/mol. The Hall–Kier alpha value is 0.140. The lowest BCUT2D eigenvalue weighted by molar-refractivity contribution is 0.602. The molecule has 0 saturated heterocycles. The zero-order valence-corrected chi connectivity index (χ0v) is 11.7. The number of thiophene rings is 1. The lowest BCUT2D eigenvalue weighted by atomic mass is 10.2. The van der Waals surface area contributed by atoms with Crippen LogP contribution in [-0.2, 0) is 6.54 Å². The summed E-state index contributed by atoms with van der Waals surface area (Å²) in [6.45, 7) is 5.48. The van der Waals surface area contributed by atoms with Crippen molar-refractivity contribution in [2.45, 2.75) is 45.7 Å². The molecule has 1 heterocycles. The zero-order valence-electron chi connectivity index (χ0n) is 9.35.